The SMILES string of the molecule is CS(=O)(=O)N(CC(=O)Nc1ccccc1Cl)c1ccc(C#N)cc1. The predicted molar refractivity (Wildman–Crippen MR) is 93.4 cm³/mol. The second-order valence-corrected chi connectivity index (χ2v) is 7.27. The number of nitrogens with one attached hydrogen (secondary N) is 1. The van der Waals surface area contributed by atoms with E-state index >= 15 is 0 Å². The molecule has 0 spiro atoms. The number of carbonyl (C=O) groups excluding carboxylic acids is 1. The molecular weight excluding hydrogens is 350 g/mol. The first-order valence-corrected chi connectivity index (χ1v) is 9.06. The lowest BCUT2D eigenvalue weighted by molar-refractivity contribution is -0.114. The molecule has 2 aromatic rings. The molecule has 0 atom stereocenters. The van der Waals surface area contributed by atoms with Gasteiger partial charge < -0.3 is 5.32 Å². The summed E-state index contributed by atoms with van der Waals surface area (Å²) in [6.07, 6.45) is 1.01. The highest BCUT2D eigenvalue weighted by molar-refractivity contribution is 7.92. The number of sulfonamides is 1. The average Bonchev–Trinajstić information content (AvgIpc) is 2.54. The van der Waals surface area contributed by atoms with E-state index in [-0.39, 0.29) is 0 Å². The number of rotatable bonds is 5. The van der Waals surface area contributed by atoms with E-state index in [2.05, 4.69) is 5.32 Å². The Labute approximate surface area is 145 Å². The molecule has 0 aromatic heterocycles. The summed E-state index contributed by atoms with van der Waals surface area (Å²) < 4.78 is 25.0. The fraction of sp³-hybridized carbons (Fsp3) is 0.125. The second-order valence-electron chi connectivity index (χ2n) is 4.96. The van der Waals surface area contributed by atoms with Gasteiger partial charge in [-0.3, -0.25) is 9.10 Å². The number of para-hydroxylation sites is 1. The molecule has 0 aliphatic carbocycles. The Morgan fingerprint density at radius 2 is 1.83 bits per heavy atom. The highest BCUT2D eigenvalue weighted by Gasteiger charge is 2.21. The Bertz CT molecular complexity index is 890. The molecule has 1 amide bonds. The smallest absolute Gasteiger partial charge is 0.245 e. The third-order valence-electron chi connectivity index (χ3n) is 3.12. The Hall–Kier alpha value is -2.56. The maximum Gasteiger partial charge on any atom is 0.245 e. The molecule has 0 unspecified atom stereocenters. The molecule has 0 aliphatic heterocycles. The van der Waals surface area contributed by atoms with Crippen molar-refractivity contribution < 1.29 is 13.2 Å². The van der Waals surface area contributed by atoms with Crippen LogP contribution in [-0.4, -0.2) is 27.1 Å². The molecule has 0 fully saturated rings. The minimum Gasteiger partial charge on any atom is -0.323 e. The number of amides is 1. The van der Waals surface area contributed by atoms with Crippen LogP contribution in [-0.2, 0) is 14.8 Å². The van der Waals surface area contributed by atoms with E-state index in [0.29, 0.717) is 22.0 Å². The van der Waals surface area contributed by atoms with E-state index in [9.17, 15) is 13.2 Å². The van der Waals surface area contributed by atoms with E-state index < -0.39 is 22.5 Å². The Morgan fingerprint density at radius 3 is 2.38 bits per heavy atom. The summed E-state index contributed by atoms with van der Waals surface area (Å²) in [5.41, 5.74) is 1.09. The average molecular weight is 364 g/mol. The van der Waals surface area contributed by atoms with E-state index in [1.807, 2.05) is 6.07 Å². The lowest BCUT2D eigenvalue weighted by Crippen LogP contribution is -2.37. The summed E-state index contributed by atoms with van der Waals surface area (Å²) in [4.78, 5) is 12.2. The van der Waals surface area contributed by atoms with Crippen molar-refractivity contribution in [2.24, 2.45) is 0 Å². The van der Waals surface area contributed by atoms with Crippen LogP contribution in [0.2, 0.25) is 5.02 Å². The molecule has 0 radical (unpaired) electrons. The van der Waals surface area contributed by atoms with Crippen LogP contribution >= 0.6 is 11.6 Å². The minimum atomic E-state index is -3.68. The van der Waals surface area contributed by atoms with Gasteiger partial charge in [0.15, 0.2) is 0 Å². The second kappa shape index (κ2) is 7.34. The van der Waals surface area contributed by atoms with Crippen LogP contribution in [0.1, 0.15) is 5.56 Å². The number of benzene rings is 2. The zero-order valence-corrected chi connectivity index (χ0v) is 14.3. The van der Waals surface area contributed by atoms with Crippen molar-refractivity contribution in [1.82, 2.24) is 0 Å². The monoisotopic (exact) mass is 363 g/mol. The Morgan fingerprint density at radius 1 is 1.21 bits per heavy atom. The largest absolute Gasteiger partial charge is 0.323 e. The van der Waals surface area contributed by atoms with Gasteiger partial charge in [-0.05, 0) is 36.4 Å². The molecular formula is C16H14ClN3O3S. The van der Waals surface area contributed by atoms with Crippen molar-refractivity contribution in [3.63, 3.8) is 0 Å². The molecule has 0 bridgehead atoms. The van der Waals surface area contributed by atoms with Gasteiger partial charge in [0.05, 0.1) is 34.3 Å². The lowest BCUT2D eigenvalue weighted by atomic mass is 10.2. The maximum absolute atomic E-state index is 12.2. The first-order valence-electron chi connectivity index (χ1n) is 6.83. The number of anilines is 2. The molecule has 0 heterocycles. The topological polar surface area (TPSA) is 90.3 Å². The van der Waals surface area contributed by atoms with E-state index in [1.165, 1.54) is 24.3 Å². The Balaban J connectivity index is 2.22. The van der Waals surface area contributed by atoms with Crippen molar-refractivity contribution in [2.45, 2.75) is 0 Å². The van der Waals surface area contributed by atoms with Gasteiger partial charge in [0, 0.05) is 0 Å². The van der Waals surface area contributed by atoms with Crippen LogP contribution in [0.4, 0.5) is 11.4 Å². The minimum absolute atomic E-state index is 0.297. The Kier molecular flexibility index (Phi) is 5.44. The van der Waals surface area contributed by atoms with Gasteiger partial charge in [0.2, 0.25) is 15.9 Å². The highest BCUT2D eigenvalue weighted by Crippen LogP contribution is 2.21. The summed E-state index contributed by atoms with van der Waals surface area (Å²) in [5, 5.41) is 11.7. The van der Waals surface area contributed by atoms with Gasteiger partial charge in [0.1, 0.15) is 6.54 Å². The van der Waals surface area contributed by atoms with Crippen molar-refractivity contribution >= 4 is 38.9 Å². The van der Waals surface area contributed by atoms with Crippen LogP contribution in [0.25, 0.3) is 0 Å². The number of nitrogens with zero attached hydrogens (tertiary/aromatic N) is 2. The summed E-state index contributed by atoms with van der Waals surface area (Å²) in [6, 6.07) is 14.5. The van der Waals surface area contributed by atoms with Gasteiger partial charge in [-0.2, -0.15) is 5.26 Å². The van der Waals surface area contributed by atoms with Gasteiger partial charge in [0.25, 0.3) is 0 Å². The first-order chi connectivity index (χ1) is 11.3. The summed E-state index contributed by atoms with van der Waals surface area (Å²) in [5.74, 6) is -0.530. The number of nitriles is 1. The predicted octanol–water partition coefficient (Wildman–Crippen LogP) is 2.62. The molecule has 6 nitrogen and oxygen atoms in total. The van der Waals surface area contributed by atoms with Crippen LogP contribution in [0.3, 0.4) is 0 Å². The van der Waals surface area contributed by atoms with Crippen LogP contribution in [0.5, 0.6) is 0 Å². The maximum atomic E-state index is 12.2. The van der Waals surface area contributed by atoms with Crippen LogP contribution < -0.4 is 9.62 Å². The molecule has 124 valence electrons. The zero-order valence-electron chi connectivity index (χ0n) is 12.7. The molecule has 8 heteroatoms. The van der Waals surface area contributed by atoms with E-state index in [0.717, 1.165) is 10.6 Å². The number of hydrogen-bond donors (Lipinski definition) is 1. The van der Waals surface area contributed by atoms with E-state index in [1.54, 1.807) is 24.3 Å². The fourth-order valence-corrected chi connectivity index (χ4v) is 3.02. The molecule has 0 saturated carbocycles. The number of halogens is 1. The standard InChI is InChI=1S/C16H14ClN3O3S/c1-24(22,23)20(13-8-6-12(10-18)7-9-13)11-16(21)19-15-5-3-2-4-14(15)17/h2-9H,11H2,1H3,(H,19,21). The van der Waals surface area contributed by atoms with Gasteiger partial charge in [-0.15, -0.1) is 0 Å². The normalized spacial score (nSPS) is 10.7. The van der Waals surface area contributed by atoms with Gasteiger partial charge >= 0.3 is 0 Å². The third-order valence-corrected chi connectivity index (χ3v) is 4.59. The van der Waals surface area contributed by atoms with Crippen molar-refractivity contribution in [3.8, 4) is 6.07 Å². The lowest BCUT2D eigenvalue weighted by Gasteiger charge is -2.22. The number of carbonyl (C=O) groups is 1. The van der Waals surface area contributed by atoms with Gasteiger partial charge in [-0.25, -0.2) is 8.42 Å². The third kappa shape index (κ3) is 4.47. The quantitative estimate of drug-likeness (QED) is 0.884. The molecule has 24 heavy (non-hydrogen) atoms. The zero-order chi connectivity index (χ0) is 17.7. The van der Waals surface area contributed by atoms with Crippen molar-refractivity contribution in [1.29, 1.82) is 5.26 Å². The van der Waals surface area contributed by atoms with Crippen molar-refractivity contribution in [2.75, 3.05) is 22.4 Å². The number of hydrogen-bond acceptors (Lipinski definition) is 4. The first kappa shape index (κ1) is 17.8. The van der Waals surface area contributed by atoms with Crippen molar-refractivity contribution in [3.05, 3.63) is 59.1 Å². The summed E-state index contributed by atoms with van der Waals surface area (Å²) in [6.45, 7) is -0.407. The fourth-order valence-electron chi connectivity index (χ4n) is 1.98. The molecule has 2 aromatic carbocycles. The molecule has 2 rings (SSSR count). The molecule has 0 saturated heterocycles. The van der Waals surface area contributed by atoms with Crippen LogP contribution in [0.15, 0.2) is 48.5 Å². The van der Waals surface area contributed by atoms with Gasteiger partial charge in [-0.1, -0.05) is 23.7 Å². The van der Waals surface area contributed by atoms with E-state index in [4.69, 9.17) is 16.9 Å². The summed E-state index contributed by atoms with van der Waals surface area (Å²) in [7, 11) is -3.68. The molecule has 1 N–H and O–H groups in total. The molecule has 0 aliphatic rings. The highest BCUT2D eigenvalue weighted by atomic mass is 35.5. The summed E-state index contributed by atoms with van der Waals surface area (Å²) >= 11 is 5.97. The van der Waals surface area contributed by atoms with Crippen LogP contribution in [0, 0.1) is 11.3 Å².